The number of aryl methyl sites for hydroxylation is 2. The summed E-state index contributed by atoms with van der Waals surface area (Å²) in [6, 6.07) is 14.3. The number of anilines is 2. The number of benzene rings is 2. The van der Waals surface area contributed by atoms with Crippen LogP contribution in [0.2, 0.25) is 0 Å². The van der Waals surface area contributed by atoms with Gasteiger partial charge in [-0.2, -0.15) is 0 Å². The Morgan fingerprint density at radius 2 is 1.58 bits per heavy atom. The van der Waals surface area contributed by atoms with E-state index in [9.17, 15) is 0 Å². The molecule has 0 radical (unpaired) electrons. The Balaban J connectivity index is 2.05. The van der Waals surface area contributed by atoms with Crippen molar-refractivity contribution in [3.63, 3.8) is 0 Å². The fourth-order valence-electron chi connectivity index (χ4n) is 1.81. The molecule has 0 heterocycles. The molecule has 0 bridgehead atoms. The molecule has 0 aliphatic carbocycles. The lowest BCUT2D eigenvalue weighted by Crippen LogP contribution is -2.19. The Morgan fingerprint density at radius 1 is 0.895 bits per heavy atom. The molecule has 0 saturated heterocycles. The highest BCUT2D eigenvalue weighted by Crippen LogP contribution is 2.18. The van der Waals surface area contributed by atoms with Crippen molar-refractivity contribution < 1.29 is 0 Å². The van der Waals surface area contributed by atoms with Gasteiger partial charge in [-0.3, -0.25) is 0 Å². The van der Waals surface area contributed by atoms with Crippen molar-refractivity contribution in [1.82, 2.24) is 0 Å². The van der Waals surface area contributed by atoms with Crippen LogP contribution in [0.15, 0.2) is 42.5 Å². The zero-order valence-corrected chi connectivity index (χ0v) is 12.3. The van der Waals surface area contributed by atoms with E-state index in [2.05, 4.69) is 49.6 Å². The van der Waals surface area contributed by atoms with E-state index >= 15 is 0 Å². The van der Waals surface area contributed by atoms with Crippen LogP contribution >= 0.6 is 12.2 Å². The summed E-state index contributed by atoms with van der Waals surface area (Å²) < 4.78 is 0. The Kier molecular flexibility index (Phi) is 4.17. The van der Waals surface area contributed by atoms with Gasteiger partial charge in [-0.05, 0) is 62.3 Å². The van der Waals surface area contributed by atoms with E-state index in [1.165, 1.54) is 16.7 Å². The predicted molar refractivity (Wildman–Crippen MR) is 86.9 cm³/mol. The molecule has 2 nitrogen and oxygen atoms in total. The van der Waals surface area contributed by atoms with E-state index in [1.807, 2.05) is 24.3 Å². The summed E-state index contributed by atoms with van der Waals surface area (Å²) in [7, 11) is 0. The van der Waals surface area contributed by atoms with E-state index in [0.717, 1.165) is 11.4 Å². The van der Waals surface area contributed by atoms with E-state index < -0.39 is 0 Å². The third-order valence-electron chi connectivity index (χ3n) is 3.16. The van der Waals surface area contributed by atoms with Crippen LogP contribution in [0.4, 0.5) is 11.4 Å². The number of hydrogen-bond acceptors (Lipinski definition) is 1. The van der Waals surface area contributed by atoms with Crippen LogP contribution in [0.3, 0.4) is 0 Å². The van der Waals surface area contributed by atoms with Gasteiger partial charge in [0.05, 0.1) is 0 Å². The summed E-state index contributed by atoms with van der Waals surface area (Å²) in [5, 5.41) is 7.03. The van der Waals surface area contributed by atoms with E-state index in [1.54, 1.807) is 0 Å². The molecule has 0 spiro atoms. The summed E-state index contributed by atoms with van der Waals surface area (Å²) in [4.78, 5) is 0. The molecule has 0 amide bonds. The lowest BCUT2D eigenvalue weighted by molar-refractivity contribution is 1.34. The Morgan fingerprint density at radius 3 is 2.26 bits per heavy atom. The molecule has 2 N–H and O–H groups in total. The maximum Gasteiger partial charge on any atom is 0.175 e. The minimum atomic E-state index is 0.609. The topological polar surface area (TPSA) is 24.1 Å². The van der Waals surface area contributed by atoms with Gasteiger partial charge in [0.2, 0.25) is 0 Å². The number of rotatable bonds is 2. The van der Waals surface area contributed by atoms with Crippen molar-refractivity contribution in [2.75, 3.05) is 10.6 Å². The third kappa shape index (κ3) is 3.55. The zero-order valence-electron chi connectivity index (χ0n) is 11.4. The van der Waals surface area contributed by atoms with Crippen LogP contribution in [0, 0.1) is 20.8 Å². The second kappa shape index (κ2) is 5.85. The quantitative estimate of drug-likeness (QED) is 0.790. The first-order valence-corrected chi connectivity index (χ1v) is 6.68. The van der Waals surface area contributed by atoms with Gasteiger partial charge < -0.3 is 10.6 Å². The molecule has 0 aliphatic heterocycles. The lowest BCUT2D eigenvalue weighted by Gasteiger charge is -2.13. The molecule has 0 saturated carbocycles. The van der Waals surface area contributed by atoms with Crippen molar-refractivity contribution in [2.24, 2.45) is 0 Å². The van der Waals surface area contributed by atoms with Crippen LogP contribution in [0.5, 0.6) is 0 Å². The Hall–Kier alpha value is -1.87. The maximum atomic E-state index is 5.33. The number of nitrogens with one attached hydrogen (secondary N) is 2. The Labute approximate surface area is 119 Å². The van der Waals surface area contributed by atoms with Gasteiger partial charge in [0, 0.05) is 11.4 Å². The normalized spacial score (nSPS) is 10.1. The first-order chi connectivity index (χ1) is 9.06. The van der Waals surface area contributed by atoms with Crippen molar-refractivity contribution >= 4 is 28.7 Å². The average Bonchev–Trinajstić information content (AvgIpc) is 2.38. The highest BCUT2D eigenvalue weighted by atomic mass is 32.1. The molecule has 2 aromatic carbocycles. The molecule has 2 rings (SSSR count). The van der Waals surface area contributed by atoms with Crippen LogP contribution < -0.4 is 10.6 Å². The average molecular weight is 270 g/mol. The minimum absolute atomic E-state index is 0.609. The minimum Gasteiger partial charge on any atom is -0.332 e. The molecular weight excluding hydrogens is 252 g/mol. The van der Waals surface area contributed by atoms with Gasteiger partial charge >= 0.3 is 0 Å². The third-order valence-corrected chi connectivity index (χ3v) is 3.37. The summed E-state index contributed by atoms with van der Waals surface area (Å²) in [6.45, 7) is 6.25. The first-order valence-electron chi connectivity index (χ1n) is 6.27. The summed E-state index contributed by atoms with van der Waals surface area (Å²) in [5.74, 6) is 0. The van der Waals surface area contributed by atoms with Crippen LogP contribution in [0.1, 0.15) is 16.7 Å². The van der Waals surface area contributed by atoms with Crippen LogP contribution in [0.25, 0.3) is 0 Å². The highest BCUT2D eigenvalue weighted by molar-refractivity contribution is 7.80. The monoisotopic (exact) mass is 270 g/mol. The number of hydrogen-bond donors (Lipinski definition) is 2. The van der Waals surface area contributed by atoms with E-state index in [-0.39, 0.29) is 0 Å². The van der Waals surface area contributed by atoms with Gasteiger partial charge in [0.25, 0.3) is 0 Å². The van der Waals surface area contributed by atoms with Crippen molar-refractivity contribution in [3.8, 4) is 0 Å². The first kappa shape index (κ1) is 13.6. The zero-order chi connectivity index (χ0) is 13.8. The van der Waals surface area contributed by atoms with Crippen LogP contribution in [-0.2, 0) is 0 Å². The molecule has 0 unspecified atom stereocenters. The molecule has 0 aliphatic rings. The summed E-state index contributed by atoms with van der Waals surface area (Å²) in [6.07, 6.45) is 0. The van der Waals surface area contributed by atoms with Gasteiger partial charge in [-0.15, -0.1) is 0 Å². The number of thiocarbonyl (C=S) groups is 1. The van der Waals surface area contributed by atoms with E-state index in [0.29, 0.717) is 5.11 Å². The van der Waals surface area contributed by atoms with E-state index in [4.69, 9.17) is 12.2 Å². The van der Waals surface area contributed by atoms with Gasteiger partial charge in [0.15, 0.2) is 5.11 Å². The smallest absolute Gasteiger partial charge is 0.175 e. The van der Waals surface area contributed by atoms with Crippen molar-refractivity contribution in [1.29, 1.82) is 0 Å². The standard InChI is InChI=1S/C16H18N2S/c1-11-7-9-14(10-8-11)17-16(19)18-15-6-4-5-12(2)13(15)3/h4-10H,1-3H3,(H2,17,18,19). The largest absolute Gasteiger partial charge is 0.332 e. The molecule has 0 atom stereocenters. The molecule has 0 aromatic heterocycles. The fraction of sp³-hybridized carbons (Fsp3) is 0.188. The van der Waals surface area contributed by atoms with Crippen LogP contribution in [-0.4, -0.2) is 5.11 Å². The molecule has 0 fully saturated rings. The summed E-state index contributed by atoms with van der Waals surface area (Å²) >= 11 is 5.33. The molecule has 19 heavy (non-hydrogen) atoms. The SMILES string of the molecule is Cc1ccc(NC(=S)Nc2cccc(C)c2C)cc1. The molecule has 2 aromatic rings. The second-order valence-corrected chi connectivity index (χ2v) is 5.10. The maximum absolute atomic E-state index is 5.33. The summed E-state index contributed by atoms with van der Waals surface area (Å²) in [5.41, 5.74) is 5.75. The lowest BCUT2D eigenvalue weighted by atomic mass is 10.1. The van der Waals surface area contributed by atoms with Gasteiger partial charge in [-0.1, -0.05) is 29.8 Å². The van der Waals surface area contributed by atoms with Crippen molar-refractivity contribution in [3.05, 3.63) is 59.2 Å². The molecular formula is C16H18N2S. The highest BCUT2D eigenvalue weighted by Gasteiger charge is 2.03. The van der Waals surface area contributed by atoms with Gasteiger partial charge in [-0.25, -0.2) is 0 Å². The molecule has 98 valence electrons. The predicted octanol–water partition coefficient (Wildman–Crippen LogP) is 4.42. The molecule has 3 heteroatoms. The fourth-order valence-corrected chi connectivity index (χ4v) is 2.04. The Bertz CT molecular complexity index is 588. The van der Waals surface area contributed by atoms with Crippen molar-refractivity contribution in [2.45, 2.75) is 20.8 Å². The van der Waals surface area contributed by atoms with Gasteiger partial charge in [0.1, 0.15) is 0 Å². The second-order valence-electron chi connectivity index (χ2n) is 4.69.